The van der Waals surface area contributed by atoms with Gasteiger partial charge in [-0.15, -0.1) is 0 Å². The summed E-state index contributed by atoms with van der Waals surface area (Å²) in [6.45, 7) is 0. The molecule has 5 nitrogen and oxygen atoms in total. The number of aromatic nitrogens is 3. The molecule has 0 amide bonds. The number of fused-ring (bicyclic) bond motifs is 1. The maximum atomic E-state index is 11.2. The molecular formula is C13H9N3O2. The van der Waals surface area contributed by atoms with E-state index in [9.17, 15) is 4.79 Å². The number of rotatable bonds is 2. The molecule has 0 aliphatic carbocycles. The molecule has 0 spiro atoms. The fraction of sp³-hybridized carbons (Fsp3) is 0. The Labute approximate surface area is 102 Å². The first-order valence-electron chi connectivity index (χ1n) is 5.39. The van der Waals surface area contributed by atoms with Gasteiger partial charge in [-0.3, -0.25) is 4.98 Å². The first kappa shape index (κ1) is 10.5. The molecule has 0 unspecified atom stereocenters. The summed E-state index contributed by atoms with van der Waals surface area (Å²) >= 11 is 0. The summed E-state index contributed by atoms with van der Waals surface area (Å²) < 4.78 is 1.59. The lowest BCUT2D eigenvalue weighted by atomic mass is 10.2. The Hall–Kier alpha value is -2.69. The highest BCUT2D eigenvalue weighted by Crippen LogP contribution is 2.20. The van der Waals surface area contributed by atoms with Crippen LogP contribution in [0.3, 0.4) is 0 Å². The van der Waals surface area contributed by atoms with Gasteiger partial charge in [0.15, 0.2) is 5.69 Å². The van der Waals surface area contributed by atoms with E-state index in [0.717, 1.165) is 5.69 Å². The second-order valence-electron chi connectivity index (χ2n) is 3.79. The van der Waals surface area contributed by atoms with Crippen LogP contribution in [-0.4, -0.2) is 25.8 Å². The second-order valence-corrected chi connectivity index (χ2v) is 3.79. The van der Waals surface area contributed by atoms with Gasteiger partial charge in [-0.25, -0.2) is 9.48 Å². The first-order valence-corrected chi connectivity index (χ1v) is 5.39. The summed E-state index contributed by atoms with van der Waals surface area (Å²) in [6, 6.07) is 11.0. The number of carboxylic acids is 1. The van der Waals surface area contributed by atoms with Crippen LogP contribution >= 0.6 is 0 Å². The van der Waals surface area contributed by atoms with Crippen molar-refractivity contribution < 1.29 is 9.90 Å². The minimum atomic E-state index is -1.04. The fourth-order valence-electron chi connectivity index (χ4n) is 1.89. The number of hydrogen-bond acceptors (Lipinski definition) is 3. The molecule has 2 aromatic heterocycles. The molecule has 5 heteroatoms. The number of para-hydroxylation sites is 1. The van der Waals surface area contributed by atoms with Gasteiger partial charge in [-0.1, -0.05) is 18.2 Å². The molecule has 2 heterocycles. The monoisotopic (exact) mass is 239 g/mol. The molecule has 0 fully saturated rings. The van der Waals surface area contributed by atoms with E-state index in [-0.39, 0.29) is 5.69 Å². The van der Waals surface area contributed by atoms with Crippen LogP contribution in [0.1, 0.15) is 10.5 Å². The van der Waals surface area contributed by atoms with Crippen LogP contribution in [0.15, 0.2) is 48.8 Å². The quantitative estimate of drug-likeness (QED) is 0.743. The van der Waals surface area contributed by atoms with Crippen molar-refractivity contribution in [3.63, 3.8) is 0 Å². The lowest BCUT2D eigenvalue weighted by molar-refractivity contribution is 0.0692. The SMILES string of the molecule is O=C(O)c1nn(-c2ccccc2)c2cnccc12. The molecule has 0 aliphatic rings. The van der Waals surface area contributed by atoms with E-state index < -0.39 is 5.97 Å². The van der Waals surface area contributed by atoms with Crippen molar-refractivity contribution in [3.8, 4) is 5.69 Å². The van der Waals surface area contributed by atoms with Gasteiger partial charge in [0.05, 0.1) is 17.4 Å². The van der Waals surface area contributed by atoms with Crippen LogP contribution in [0.4, 0.5) is 0 Å². The molecule has 1 aromatic carbocycles. The standard InChI is InChI=1S/C13H9N3O2/c17-13(18)12-10-6-7-14-8-11(10)16(15-12)9-4-2-1-3-5-9/h1-8H,(H,17,18). The van der Waals surface area contributed by atoms with Crippen molar-refractivity contribution in [2.75, 3.05) is 0 Å². The lowest BCUT2D eigenvalue weighted by Crippen LogP contribution is -2.01. The molecule has 3 rings (SSSR count). The van der Waals surface area contributed by atoms with Crippen molar-refractivity contribution >= 4 is 16.9 Å². The minimum absolute atomic E-state index is 0.0382. The van der Waals surface area contributed by atoms with Crippen LogP contribution in [0.2, 0.25) is 0 Å². The average Bonchev–Trinajstić information content (AvgIpc) is 2.79. The van der Waals surface area contributed by atoms with Gasteiger partial charge in [0, 0.05) is 11.6 Å². The van der Waals surface area contributed by atoms with E-state index >= 15 is 0 Å². The number of benzene rings is 1. The lowest BCUT2D eigenvalue weighted by Gasteiger charge is -2.01. The summed E-state index contributed by atoms with van der Waals surface area (Å²) in [5, 5.41) is 13.9. The van der Waals surface area contributed by atoms with Crippen LogP contribution < -0.4 is 0 Å². The number of pyridine rings is 1. The third kappa shape index (κ3) is 1.53. The Morgan fingerprint density at radius 1 is 1.17 bits per heavy atom. The minimum Gasteiger partial charge on any atom is -0.476 e. The predicted molar refractivity (Wildman–Crippen MR) is 65.8 cm³/mol. The first-order chi connectivity index (χ1) is 8.77. The maximum Gasteiger partial charge on any atom is 0.357 e. The maximum absolute atomic E-state index is 11.2. The van der Waals surface area contributed by atoms with Gasteiger partial charge in [0.2, 0.25) is 0 Å². The molecule has 0 aliphatic heterocycles. The number of nitrogens with zero attached hydrogens (tertiary/aromatic N) is 3. The Bertz CT molecular complexity index is 719. The van der Waals surface area contributed by atoms with Crippen molar-refractivity contribution in [1.82, 2.24) is 14.8 Å². The number of carboxylic acid groups (broad SMARTS) is 1. The van der Waals surface area contributed by atoms with Crippen LogP contribution in [0, 0.1) is 0 Å². The van der Waals surface area contributed by atoms with Crippen molar-refractivity contribution in [2.45, 2.75) is 0 Å². The molecule has 0 saturated carbocycles. The highest BCUT2D eigenvalue weighted by molar-refractivity contribution is 6.01. The molecule has 0 atom stereocenters. The molecule has 0 bridgehead atoms. The summed E-state index contributed by atoms with van der Waals surface area (Å²) in [4.78, 5) is 15.2. The van der Waals surface area contributed by atoms with Gasteiger partial charge in [-0.2, -0.15) is 5.10 Å². The molecular weight excluding hydrogens is 230 g/mol. The highest BCUT2D eigenvalue weighted by atomic mass is 16.4. The Morgan fingerprint density at radius 3 is 2.67 bits per heavy atom. The van der Waals surface area contributed by atoms with Crippen LogP contribution in [-0.2, 0) is 0 Å². The molecule has 1 N–H and O–H groups in total. The molecule has 88 valence electrons. The van der Waals surface area contributed by atoms with Crippen molar-refractivity contribution in [1.29, 1.82) is 0 Å². The van der Waals surface area contributed by atoms with Crippen LogP contribution in [0.5, 0.6) is 0 Å². The summed E-state index contributed by atoms with van der Waals surface area (Å²) in [6.07, 6.45) is 3.17. The van der Waals surface area contributed by atoms with Crippen LogP contribution in [0.25, 0.3) is 16.6 Å². The Morgan fingerprint density at radius 2 is 1.94 bits per heavy atom. The fourth-order valence-corrected chi connectivity index (χ4v) is 1.89. The van der Waals surface area contributed by atoms with Gasteiger partial charge < -0.3 is 5.11 Å². The van der Waals surface area contributed by atoms with Crippen molar-refractivity contribution in [2.24, 2.45) is 0 Å². The summed E-state index contributed by atoms with van der Waals surface area (Å²) in [7, 11) is 0. The second kappa shape index (κ2) is 3.96. The zero-order valence-electron chi connectivity index (χ0n) is 9.32. The van der Waals surface area contributed by atoms with Gasteiger partial charge in [0.1, 0.15) is 0 Å². The third-order valence-corrected chi connectivity index (χ3v) is 2.69. The Balaban J connectivity index is 2.34. The normalized spacial score (nSPS) is 10.7. The molecule has 0 radical (unpaired) electrons. The molecule has 3 aromatic rings. The van der Waals surface area contributed by atoms with Gasteiger partial charge in [-0.05, 0) is 18.2 Å². The zero-order chi connectivity index (χ0) is 12.5. The van der Waals surface area contributed by atoms with E-state index in [1.165, 1.54) is 0 Å². The average molecular weight is 239 g/mol. The van der Waals surface area contributed by atoms with E-state index in [1.807, 2.05) is 30.3 Å². The topological polar surface area (TPSA) is 68.0 Å². The largest absolute Gasteiger partial charge is 0.476 e. The highest BCUT2D eigenvalue weighted by Gasteiger charge is 2.16. The summed E-state index contributed by atoms with van der Waals surface area (Å²) in [5.41, 5.74) is 1.53. The molecule has 18 heavy (non-hydrogen) atoms. The van der Waals surface area contributed by atoms with Gasteiger partial charge in [0.25, 0.3) is 0 Å². The number of aromatic carboxylic acids is 1. The zero-order valence-corrected chi connectivity index (χ0v) is 9.32. The third-order valence-electron chi connectivity index (χ3n) is 2.69. The molecule has 0 saturated heterocycles. The number of carbonyl (C=O) groups is 1. The predicted octanol–water partition coefficient (Wildman–Crippen LogP) is 2.12. The van der Waals surface area contributed by atoms with Gasteiger partial charge >= 0.3 is 5.97 Å². The van der Waals surface area contributed by atoms with E-state index in [4.69, 9.17) is 5.11 Å². The van der Waals surface area contributed by atoms with E-state index in [0.29, 0.717) is 10.9 Å². The Kier molecular flexibility index (Phi) is 2.30. The number of hydrogen-bond donors (Lipinski definition) is 1. The van der Waals surface area contributed by atoms with E-state index in [1.54, 1.807) is 23.1 Å². The van der Waals surface area contributed by atoms with Crippen molar-refractivity contribution in [3.05, 3.63) is 54.5 Å². The summed E-state index contributed by atoms with van der Waals surface area (Å²) in [5.74, 6) is -1.04. The smallest absolute Gasteiger partial charge is 0.357 e. The van der Waals surface area contributed by atoms with E-state index in [2.05, 4.69) is 10.1 Å².